The van der Waals surface area contributed by atoms with Gasteiger partial charge < -0.3 is 5.11 Å². The quantitative estimate of drug-likeness (QED) is 0.450. The van der Waals surface area contributed by atoms with Gasteiger partial charge >= 0.3 is 0 Å². The summed E-state index contributed by atoms with van der Waals surface area (Å²) in [5.74, 6) is 6.34. The monoisotopic (exact) mass is 514 g/mol. The van der Waals surface area contributed by atoms with E-state index in [1.165, 1.54) is 44.9 Å². The molecule has 0 aromatic heterocycles. The molecule has 5 saturated carbocycles. The summed E-state index contributed by atoms with van der Waals surface area (Å²) in [5, 5.41) is 10.7. The predicted octanol–water partition coefficient (Wildman–Crippen LogP) is 6.60. The Labute approximate surface area is 218 Å². The molecule has 1 N–H and O–H groups in total. The third-order valence-corrected chi connectivity index (χ3v) is 13.1. The van der Waals surface area contributed by atoms with Gasteiger partial charge in [0, 0.05) is 0 Å². The fourth-order valence-electron chi connectivity index (χ4n) is 10.2. The SMILES string of the molecule is Cc1ccc(S(=O)(=O)OCC(C)[C@H]2[C@@H]3C[C@@H]3C[C@H]3[C@@H]4CC[C@@H]5C[C@](C)(O)CC[C@@H]5[C@H]4CC[C@@]32C)cc1. The summed E-state index contributed by atoms with van der Waals surface area (Å²) < 4.78 is 31.5. The number of rotatable bonds is 5. The van der Waals surface area contributed by atoms with Crippen molar-refractivity contribution in [3.63, 3.8) is 0 Å². The highest BCUT2D eigenvalue weighted by molar-refractivity contribution is 7.86. The second-order valence-electron chi connectivity index (χ2n) is 14.2. The van der Waals surface area contributed by atoms with E-state index >= 15 is 0 Å². The highest BCUT2D eigenvalue weighted by Crippen LogP contribution is 2.71. The molecule has 0 spiro atoms. The van der Waals surface area contributed by atoms with Crippen molar-refractivity contribution < 1.29 is 17.7 Å². The van der Waals surface area contributed by atoms with Gasteiger partial charge in [0.05, 0.1) is 17.1 Å². The number of aliphatic hydroxyl groups is 1. The summed E-state index contributed by atoms with van der Waals surface area (Å²) in [6.45, 7) is 9.12. The summed E-state index contributed by atoms with van der Waals surface area (Å²) in [5.41, 5.74) is 0.886. The van der Waals surface area contributed by atoms with Crippen LogP contribution in [-0.2, 0) is 14.3 Å². The molecule has 1 aromatic carbocycles. The summed E-state index contributed by atoms with van der Waals surface area (Å²) in [6, 6.07) is 6.99. The van der Waals surface area contributed by atoms with E-state index in [0.29, 0.717) is 23.9 Å². The van der Waals surface area contributed by atoms with E-state index in [4.69, 9.17) is 4.18 Å². The maximum absolute atomic E-state index is 12.9. The molecule has 5 heteroatoms. The third kappa shape index (κ3) is 4.29. The second kappa shape index (κ2) is 8.81. The van der Waals surface area contributed by atoms with Crippen molar-refractivity contribution in [2.45, 2.75) is 96.0 Å². The minimum Gasteiger partial charge on any atom is -0.390 e. The lowest BCUT2D eigenvalue weighted by Crippen LogP contribution is -2.55. The number of aryl methyl sites for hydroxylation is 1. The van der Waals surface area contributed by atoms with Crippen LogP contribution in [0.4, 0.5) is 0 Å². The van der Waals surface area contributed by atoms with E-state index in [1.54, 1.807) is 12.1 Å². The van der Waals surface area contributed by atoms with Crippen LogP contribution in [0, 0.1) is 65.6 Å². The Morgan fingerprint density at radius 1 is 0.944 bits per heavy atom. The average Bonchev–Trinajstić information content (AvgIpc) is 3.59. The third-order valence-electron chi connectivity index (χ3n) is 11.8. The Morgan fingerprint density at radius 3 is 2.42 bits per heavy atom. The first-order valence-corrected chi connectivity index (χ1v) is 16.1. The van der Waals surface area contributed by atoms with Gasteiger partial charge in [-0.05, 0) is 142 Å². The molecule has 0 heterocycles. The molecule has 0 radical (unpaired) electrons. The second-order valence-corrected chi connectivity index (χ2v) is 15.8. The molecule has 0 saturated heterocycles. The Morgan fingerprint density at radius 2 is 1.67 bits per heavy atom. The van der Waals surface area contributed by atoms with Crippen molar-refractivity contribution in [3.05, 3.63) is 29.8 Å². The van der Waals surface area contributed by atoms with E-state index in [1.807, 2.05) is 19.1 Å². The maximum atomic E-state index is 12.9. The fraction of sp³-hybridized carbons (Fsp3) is 0.806. The summed E-state index contributed by atoms with van der Waals surface area (Å²) in [4.78, 5) is 0.265. The molecular weight excluding hydrogens is 468 g/mol. The molecule has 0 bridgehead atoms. The van der Waals surface area contributed by atoms with Crippen LogP contribution in [0.15, 0.2) is 29.2 Å². The molecule has 1 unspecified atom stereocenters. The molecule has 36 heavy (non-hydrogen) atoms. The van der Waals surface area contributed by atoms with Gasteiger partial charge in [-0.15, -0.1) is 0 Å². The Balaban J connectivity index is 1.18. The standard InChI is InChI=1S/C31H46O4S/c1-19-5-8-23(9-6-19)36(33,34)35-18-20(2)29-27-15-22(27)16-28-26-10-7-21-17-30(3,32)13-11-24(21)25(26)12-14-31(28,29)4/h5-6,8-9,20-22,24-29,32H,7,10-18H2,1-4H3/t20?,21-,22-,24+,25-,26-,27-,28+,29+,30-,31+/m1/s1. The minimum absolute atomic E-state index is 0.241. The molecule has 11 atom stereocenters. The Hall–Kier alpha value is -0.910. The smallest absolute Gasteiger partial charge is 0.296 e. The number of fused-ring (bicyclic) bond motifs is 6. The highest BCUT2D eigenvalue weighted by Gasteiger charge is 2.64. The summed E-state index contributed by atoms with van der Waals surface area (Å²) in [7, 11) is -3.73. The van der Waals surface area contributed by atoms with Crippen molar-refractivity contribution >= 4 is 10.1 Å². The highest BCUT2D eigenvalue weighted by atomic mass is 32.2. The Bertz CT molecular complexity index is 1080. The largest absolute Gasteiger partial charge is 0.390 e. The van der Waals surface area contributed by atoms with Crippen LogP contribution in [0.5, 0.6) is 0 Å². The van der Waals surface area contributed by atoms with E-state index in [9.17, 15) is 13.5 Å². The zero-order valence-electron chi connectivity index (χ0n) is 22.7. The maximum Gasteiger partial charge on any atom is 0.296 e. The Kier molecular flexibility index (Phi) is 6.21. The van der Waals surface area contributed by atoms with Gasteiger partial charge in [-0.2, -0.15) is 8.42 Å². The molecular formula is C31H46O4S. The lowest BCUT2D eigenvalue weighted by atomic mass is 9.44. The number of hydrogen-bond acceptors (Lipinski definition) is 4. The minimum atomic E-state index is -3.73. The first kappa shape index (κ1) is 25.4. The van der Waals surface area contributed by atoms with Crippen LogP contribution in [0.3, 0.4) is 0 Å². The van der Waals surface area contributed by atoms with Crippen LogP contribution < -0.4 is 0 Å². The van der Waals surface area contributed by atoms with Gasteiger partial charge in [-0.25, -0.2) is 0 Å². The zero-order chi connectivity index (χ0) is 25.5. The molecule has 4 nitrogen and oxygen atoms in total. The van der Waals surface area contributed by atoms with Gasteiger partial charge in [0.1, 0.15) is 0 Å². The van der Waals surface area contributed by atoms with Crippen LogP contribution >= 0.6 is 0 Å². The van der Waals surface area contributed by atoms with Crippen LogP contribution in [0.1, 0.15) is 84.1 Å². The lowest BCUT2D eigenvalue weighted by Gasteiger charge is -2.61. The number of benzene rings is 1. The van der Waals surface area contributed by atoms with Crippen molar-refractivity contribution in [2.75, 3.05) is 6.61 Å². The predicted molar refractivity (Wildman–Crippen MR) is 142 cm³/mol. The van der Waals surface area contributed by atoms with Crippen molar-refractivity contribution in [2.24, 2.45) is 58.7 Å². The van der Waals surface area contributed by atoms with E-state index < -0.39 is 15.7 Å². The first-order chi connectivity index (χ1) is 17.0. The molecule has 1 aromatic rings. The molecule has 0 amide bonds. The van der Waals surface area contributed by atoms with Gasteiger partial charge in [-0.3, -0.25) is 4.18 Å². The van der Waals surface area contributed by atoms with E-state index in [-0.39, 0.29) is 10.8 Å². The first-order valence-electron chi connectivity index (χ1n) is 14.7. The molecule has 0 aliphatic heterocycles. The van der Waals surface area contributed by atoms with Crippen molar-refractivity contribution in [1.82, 2.24) is 0 Å². The van der Waals surface area contributed by atoms with Gasteiger partial charge in [-0.1, -0.05) is 31.5 Å². The van der Waals surface area contributed by atoms with Gasteiger partial charge in [0.25, 0.3) is 10.1 Å². The van der Waals surface area contributed by atoms with Crippen LogP contribution in [-0.4, -0.2) is 25.7 Å². The summed E-state index contributed by atoms with van der Waals surface area (Å²) >= 11 is 0. The molecule has 6 rings (SSSR count). The normalized spacial score (nSPS) is 46.6. The molecule has 5 aliphatic carbocycles. The van der Waals surface area contributed by atoms with Gasteiger partial charge in [0.15, 0.2) is 0 Å². The number of hydrogen-bond donors (Lipinski definition) is 1. The average molecular weight is 515 g/mol. The van der Waals surface area contributed by atoms with Crippen LogP contribution in [0.2, 0.25) is 0 Å². The zero-order valence-corrected chi connectivity index (χ0v) is 23.5. The van der Waals surface area contributed by atoms with Crippen molar-refractivity contribution in [1.29, 1.82) is 0 Å². The fourth-order valence-corrected chi connectivity index (χ4v) is 11.2. The van der Waals surface area contributed by atoms with Crippen molar-refractivity contribution in [3.8, 4) is 0 Å². The molecule has 5 aliphatic rings. The molecule has 200 valence electrons. The van der Waals surface area contributed by atoms with Crippen LogP contribution in [0.25, 0.3) is 0 Å². The lowest BCUT2D eigenvalue weighted by molar-refractivity contribution is -0.138. The molecule has 5 fully saturated rings. The van der Waals surface area contributed by atoms with Gasteiger partial charge in [0.2, 0.25) is 0 Å². The topological polar surface area (TPSA) is 63.6 Å². The van der Waals surface area contributed by atoms with E-state index in [2.05, 4.69) is 20.8 Å². The van der Waals surface area contributed by atoms with E-state index in [0.717, 1.165) is 53.9 Å². The summed E-state index contributed by atoms with van der Waals surface area (Å²) in [6.07, 6.45) is 11.1.